The summed E-state index contributed by atoms with van der Waals surface area (Å²) in [5.74, 6) is -1.14. The maximum absolute atomic E-state index is 12.2. The molecular formula is C14H14ClNO3. The van der Waals surface area contributed by atoms with E-state index in [1.807, 2.05) is 6.07 Å². The van der Waals surface area contributed by atoms with Crippen LogP contribution in [0, 0.1) is 5.92 Å². The Balaban J connectivity index is 2.22. The smallest absolute Gasteiger partial charge is 0.303 e. The van der Waals surface area contributed by atoms with Gasteiger partial charge in [0.15, 0.2) is 5.78 Å². The van der Waals surface area contributed by atoms with Gasteiger partial charge in [0.25, 0.3) is 0 Å². The molecule has 1 unspecified atom stereocenters. The van der Waals surface area contributed by atoms with Crippen LogP contribution in [0.4, 0.5) is 0 Å². The summed E-state index contributed by atoms with van der Waals surface area (Å²) in [6.45, 7) is 1.76. The highest BCUT2D eigenvalue weighted by atomic mass is 35.5. The first kappa shape index (κ1) is 13.6. The van der Waals surface area contributed by atoms with E-state index in [2.05, 4.69) is 4.98 Å². The molecule has 0 aliphatic heterocycles. The molecule has 2 N–H and O–H groups in total. The van der Waals surface area contributed by atoms with E-state index in [9.17, 15) is 9.59 Å². The van der Waals surface area contributed by atoms with Gasteiger partial charge in [0.05, 0.1) is 10.5 Å². The van der Waals surface area contributed by atoms with Crippen molar-refractivity contribution in [3.8, 4) is 0 Å². The molecule has 2 aromatic rings. The Morgan fingerprint density at radius 2 is 2.11 bits per heavy atom. The number of halogens is 1. The fraction of sp³-hybridized carbons (Fsp3) is 0.286. The van der Waals surface area contributed by atoms with Gasteiger partial charge in [0, 0.05) is 30.0 Å². The van der Waals surface area contributed by atoms with Crippen molar-refractivity contribution in [3.63, 3.8) is 0 Å². The third-order valence-corrected chi connectivity index (χ3v) is 3.34. The summed E-state index contributed by atoms with van der Waals surface area (Å²) in [5.41, 5.74) is 1.30. The number of carbonyl (C=O) groups is 2. The van der Waals surface area contributed by atoms with Crippen molar-refractivity contribution < 1.29 is 14.7 Å². The van der Waals surface area contributed by atoms with Gasteiger partial charge in [-0.2, -0.15) is 0 Å². The monoisotopic (exact) mass is 279 g/mol. The highest BCUT2D eigenvalue weighted by Crippen LogP contribution is 2.26. The second-order valence-electron chi connectivity index (χ2n) is 4.70. The third-order valence-electron chi connectivity index (χ3n) is 3.02. The second kappa shape index (κ2) is 5.45. The molecule has 1 heterocycles. The molecule has 5 heteroatoms. The van der Waals surface area contributed by atoms with Crippen LogP contribution in [-0.2, 0) is 4.79 Å². The Morgan fingerprint density at radius 1 is 1.37 bits per heavy atom. The summed E-state index contributed by atoms with van der Waals surface area (Å²) in [6.07, 6.45) is 1.84. The van der Waals surface area contributed by atoms with Crippen LogP contribution in [0.1, 0.15) is 30.1 Å². The molecule has 0 saturated carbocycles. The van der Waals surface area contributed by atoms with Gasteiger partial charge in [0.2, 0.25) is 0 Å². The van der Waals surface area contributed by atoms with Crippen LogP contribution in [0.2, 0.25) is 5.02 Å². The predicted octanol–water partition coefficient (Wildman–Crippen LogP) is 3.50. The number of Topliss-reactive ketones (excluding diaryl/α,β-unsaturated/α-hetero) is 1. The number of para-hydroxylation sites is 1. The van der Waals surface area contributed by atoms with E-state index in [1.165, 1.54) is 0 Å². The van der Waals surface area contributed by atoms with E-state index in [-0.39, 0.29) is 24.5 Å². The molecule has 1 aromatic heterocycles. The van der Waals surface area contributed by atoms with Crippen molar-refractivity contribution in [2.45, 2.75) is 19.8 Å². The van der Waals surface area contributed by atoms with Gasteiger partial charge >= 0.3 is 5.97 Å². The molecule has 0 radical (unpaired) electrons. The highest BCUT2D eigenvalue weighted by molar-refractivity contribution is 6.35. The summed E-state index contributed by atoms with van der Waals surface area (Å²) in [4.78, 5) is 25.7. The minimum absolute atomic E-state index is 0.00511. The van der Waals surface area contributed by atoms with Gasteiger partial charge in [0.1, 0.15) is 0 Å². The van der Waals surface area contributed by atoms with E-state index >= 15 is 0 Å². The lowest BCUT2D eigenvalue weighted by atomic mass is 9.97. The van der Waals surface area contributed by atoms with Crippen molar-refractivity contribution in [3.05, 3.63) is 35.0 Å². The van der Waals surface area contributed by atoms with Gasteiger partial charge in [-0.25, -0.2) is 0 Å². The second-order valence-corrected chi connectivity index (χ2v) is 5.10. The zero-order valence-corrected chi connectivity index (χ0v) is 11.2. The number of aliphatic carboxylic acids is 1. The highest BCUT2D eigenvalue weighted by Gasteiger charge is 2.17. The molecule has 0 bridgehead atoms. The van der Waals surface area contributed by atoms with Gasteiger partial charge < -0.3 is 10.1 Å². The number of hydrogen-bond donors (Lipinski definition) is 2. The molecule has 0 amide bonds. The number of carboxylic acids is 1. The molecule has 0 spiro atoms. The Labute approximate surface area is 115 Å². The van der Waals surface area contributed by atoms with E-state index in [1.54, 1.807) is 25.3 Å². The Morgan fingerprint density at radius 3 is 2.79 bits per heavy atom. The summed E-state index contributed by atoms with van der Waals surface area (Å²) in [7, 11) is 0. The van der Waals surface area contributed by atoms with Crippen molar-refractivity contribution in [1.82, 2.24) is 4.98 Å². The Hall–Kier alpha value is -1.81. The van der Waals surface area contributed by atoms with Gasteiger partial charge in [-0.05, 0) is 12.0 Å². The number of aromatic amines is 1. The van der Waals surface area contributed by atoms with Crippen molar-refractivity contribution in [1.29, 1.82) is 0 Å². The van der Waals surface area contributed by atoms with Crippen molar-refractivity contribution >= 4 is 34.3 Å². The number of carboxylic acid groups (broad SMARTS) is 1. The minimum Gasteiger partial charge on any atom is -0.481 e. The lowest BCUT2D eigenvalue weighted by Gasteiger charge is -2.06. The summed E-state index contributed by atoms with van der Waals surface area (Å²) in [6, 6.07) is 5.37. The molecule has 0 saturated heterocycles. The number of hydrogen-bond acceptors (Lipinski definition) is 2. The number of fused-ring (bicyclic) bond motifs is 1. The number of ketones is 1. The fourth-order valence-electron chi connectivity index (χ4n) is 2.14. The SMILES string of the molecule is CC(CC(=O)O)CC(=O)c1c[nH]c2c(Cl)cccc12. The van der Waals surface area contributed by atoms with Crippen LogP contribution in [0.3, 0.4) is 0 Å². The quantitative estimate of drug-likeness (QED) is 0.823. The Kier molecular flexibility index (Phi) is 3.90. The maximum atomic E-state index is 12.2. The maximum Gasteiger partial charge on any atom is 0.303 e. The van der Waals surface area contributed by atoms with Crippen molar-refractivity contribution in [2.24, 2.45) is 5.92 Å². The van der Waals surface area contributed by atoms with Crippen LogP contribution >= 0.6 is 11.6 Å². The standard InChI is InChI=1S/C14H14ClNO3/c1-8(6-13(18)19)5-12(17)10-7-16-14-9(10)3-2-4-11(14)15/h2-4,7-8,16H,5-6H2,1H3,(H,18,19). The van der Waals surface area contributed by atoms with Crippen LogP contribution in [0.15, 0.2) is 24.4 Å². The Bertz CT molecular complexity index is 633. The van der Waals surface area contributed by atoms with Crippen LogP contribution in [0.5, 0.6) is 0 Å². The number of H-pyrrole nitrogens is 1. The first-order valence-electron chi connectivity index (χ1n) is 5.99. The summed E-state index contributed by atoms with van der Waals surface area (Å²) < 4.78 is 0. The largest absolute Gasteiger partial charge is 0.481 e. The molecule has 1 atom stereocenters. The topological polar surface area (TPSA) is 70.2 Å². The van der Waals surface area contributed by atoms with Crippen molar-refractivity contribution in [2.75, 3.05) is 0 Å². The molecular weight excluding hydrogens is 266 g/mol. The zero-order valence-electron chi connectivity index (χ0n) is 10.4. The van der Waals surface area contributed by atoms with Crippen LogP contribution in [-0.4, -0.2) is 21.8 Å². The molecule has 1 aromatic carbocycles. The molecule has 2 rings (SSSR count). The minimum atomic E-state index is -0.887. The normalized spacial score (nSPS) is 12.5. The number of carbonyl (C=O) groups excluding carboxylic acids is 1. The average Bonchev–Trinajstić information content (AvgIpc) is 2.72. The van der Waals surface area contributed by atoms with E-state index < -0.39 is 5.97 Å². The number of benzene rings is 1. The molecule has 100 valence electrons. The van der Waals surface area contributed by atoms with Gasteiger partial charge in [-0.1, -0.05) is 30.7 Å². The fourth-order valence-corrected chi connectivity index (χ4v) is 2.37. The molecule has 4 nitrogen and oxygen atoms in total. The zero-order chi connectivity index (χ0) is 14.0. The van der Waals surface area contributed by atoms with Crippen LogP contribution < -0.4 is 0 Å². The third kappa shape index (κ3) is 2.96. The molecule has 0 aliphatic rings. The molecule has 0 aliphatic carbocycles. The first-order valence-corrected chi connectivity index (χ1v) is 6.37. The molecule has 0 fully saturated rings. The van der Waals surface area contributed by atoms with Crippen LogP contribution in [0.25, 0.3) is 10.9 Å². The predicted molar refractivity (Wildman–Crippen MR) is 73.7 cm³/mol. The summed E-state index contributed by atoms with van der Waals surface area (Å²) >= 11 is 6.03. The first-order chi connectivity index (χ1) is 8.99. The van der Waals surface area contributed by atoms with E-state index in [0.29, 0.717) is 10.6 Å². The molecule has 19 heavy (non-hydrogen) atoms. The average molecular weight is 280 g/mol. The lowest BCUT2D eigenvalue weighted by molar-refractivity contribution is -0.137. The van der Waals surface area contributed by atoms with Gasteiger partial charge in [-0.15, -0.1) is 0 Å². The van der Waals surface area contributed by atoms with E-state index in [4.69, 9.17) is 16.7 Å². The van der Waals surface area contributed by atoms with E-state index in [0.717, 1.165) is 10.9 Å². The number of rotatable bonds is 5. The number of aromatic nitrogens is 1. The lowest BCUT2D eigenvalue weighted by Crippen LogP contribution is -2.10. The summed E-state index contributed by atoms with van der Waals surface area (Å²) in [5, 5.41) is 10.0. The van der Waals surface area contributed by atoms with Gasteiger partial charge in [-0.3, -0.25) is 9.59 Å². The number of nitrogens with one attached hydrogen (secondary N) is 1.